The van der Waals surface area contributed by atoms with Crippen molar-refractivity contribution in [3.05, 3.63) is 87.2 Å². The molecule has 1 aromatic heterocycles. The second-order valence-corrected chi connectivity index (χ2v) is 7.98. The molecule has 2 aliphatic rings. The summed E-state index contributed by atoms with van der Waals surface area (Å²) in [4.78, 5) is 52.6. The van der Waals surface area contributed by atoms with Gasteiger partial charge in [-0.15, -0.1) is 5.10 Å². The highest BCUT2D eigenvalue weighted by molar-refractivity contribution is 6.21. The molecule has 1 fully saturated rings. The number of amides is 3. The van der Waals surface area contributed by atoms with Crippen molar-refractivity contribution in [3.8, 4) is 0 Å². The van der Waals surface area contributed by atoms with Gasteiger partial charge in [0, 0.05) is 18.7 Å². The number of aromatic amines is 1. The lowest BCUT2D eigenvalue weighted by Crippen LogP contribution is -2.39. The van der Waals surface area contributed by atoms with Gasteiger partial charge in [0.25, 0.3) is 17.7 Å². The minimum Gasteiger partial charge on any atom is -0.392 e. The number of hydrogen-bond acceptors (Lipinski definition) is 6. The summed E-state index contributed by atoms with van der Waals surface area (Å²) in [5, 5.41) is 6.16. The molecular weight excluding hydrogens is 412 g/mol. The van der Waals surface area contributed by atoms with Gasteiger partial charge in [-0.25, -0.2) is 9.89 Å². The maximum absolute atomic E-state index is 13.1. The number of aromatic nitrogens is 2. The second-order valence-electron chi connectivity index (χ2n) is 7.98. The molecule has 3 heterocycles. The number of rotatable bonds is 4. The van der Waals surface area contributed by atoms with Gasteiger partial charge in [-0.05, 0) is 42.7 Å². The first-order valence-corrected chi connectivity index (χ1v) is 10.4. The first-order chi connectivity index (χ1) is 15.5. The molecule has 1 saturated heterocycles. The summed E-state index contributed by atoms with van der Waals surface area (Å²) < 4.78 is 5.07. The van der Waals surface area contributed by atoms with E-state index in [0.717, 1.165) is 12.8 Å². The lowest BCUT2D eigenvalue weighted by Gasteiger charge is -2.31. The minimum atomic E-state index is -0.607. The predicted octanol–water partition coefficient (Wildman–Crippen LogP) is 2.18. The SMILES string of the molecule is O=C(c1cccc(CN2C(=O)c3ccccc3C2=O)c1)N1CCCC(c2n[nH]c(=O)o2)C1. The molecule has 1 N–H and O–H groups in total. The van der Waals surface area contributed by atoms with Crippen molar-refractivity contribution in [1.82, 2.24) is 20.0 Å². The van der Waals surface area contributed by atoms with Gasteiger partial charge in [0.2, 0.25) is 5.89 Å². The summed E-state index contributed by atoms with van der Waals surface area (Å²) in [6.07, 6.45) is 1.54. The van der Waals surface area contributed by atoms with Crippen LogP contribution in [-0.4, -0.2) is 50.8 Å². The smallest absolute Gasteiger partial charge is 0.392 e. The zero-order chi connectivity index (χ0) is 22.2. The number of carbonyl (C=O) groups is 3. The molecular formula is C23H20N4O5. The third-order valence-electron chi connectivity index (χ3n) is 5.91. The third-order valence-corrected chi connectivity index (χ3v) is 5.91. The van der Waals surface area contributed by atoms with Crippen LogP contribution in [0.5, 0.6) is 0 Å². The van der Waals surface area contributed by atoms with Gasteiger partial charge >= 0.3 is 5.76 Å². The van der Waals surface area contributed by atoms with Crippen molar-refractivity contribution >= 4 is 17.7 Å². The Bertz CT molecular complexity index is 1240. The number of H-pyrrole nitrogens is 1. The van der Waals surface area contributed by atoms with E-state index in [1.807, 2.05) is 0 Å². The summed E-state index contributed by atoms with van der Waals surface area (Å²) in [6, 6.07) is 13.7. The van der Waals surface area contributed by atoms with Crippen LogP contribution in [0, 0.1) is 0 Å². The van der Waals surface area contributed by atoms with E-state index in [-0.39, 0.29) is 30.2 Å². The lowest BCUT2D eigenvalue weighted by atomic mass is 9.97. The van der Waals surface area contributed by atoms with Crippen LogP contribution in [0.25, 0.3) is 0 Å². The lowest BCUT2D eigenvalue weighted by molar-refractivity contribution is 0.0641. The Balaban J connectivity index is 1.32. The van der Waals surface area contributed by atoms with Crippen LogP contribution in [-0.2, 0) is 6.54 Å². The molecule has 5 rings (SSSR count). The van der Waals surface area contributed by atoms with Crippen LogP contribution in [0.3, 0.4) is 0 Å². The average Bonchev–Trinajstić information content (AvgIpc) is 3.36. The van der Waals surface area contributed by atoms with Gasteiger partial charge in [-0.2, -0.15) is 0 Å². The van der Waals surface area contributed by atoms with E-state index in [9.17, 15) is 19.2 Å². The highest BCUT2D eigenvalue weighted by Gasteiger charge is 2.35. The Morgan fingerprint density at radius 3 is 2.50 bits per heavy atom. The number of fused-ring (bicyclic) bond motifs is 1. The molecule has 0 aliphatic carbocycles. The minimum absolute atomic E-state index is 0.0918. The predicted molar refractivity (Wildman–Crippen MR) is 112 cm³/mol. The fourth-order valence-corrected chi connectivity index (χ4v) is 4.33. The monoisotopic (exact) mass is 432 g/mol. The van der Waals surface area contributed by atoms with Gasteiger partial charge < -0.3 is 9.32 Å². The van der Waals surface area contributed by atoms with E-state index in [1.165, 1.54) is 4.90 Å². The van der Waals surface area contributed by atoms with E-state index in [1.54, 1.807) is 53.4 Å². The number of nitrogens with zero attached hydrogens (tertiary/aromatic N) is 3. The Morgan fingerprint density at radius 2 is 1.81 bits per heavy atom. The van der Waals surface area contributed by atoms with Crippen LogP contribution < -0.4 is 5.76 Å². The highest BCUT2D eigenvalue weighted by Crippen LogP contribution is 2.27. The fourth-order valence-electron chi connectivity index (χ4n) is 4.33. The summed E-state index contributed by atoms with van der Waals surface area (Å²) in [5.41, 5.74) is 1.96. The van der Waals surface area contributed by atoms with Crippen LogP contribution in [0.1, 0.15) is 61.3 Å². The number of imide groups is 1. The molecule has 9 nitrogen and oxygen atoms in total. The van der Waals surface area contributed by atoms with Crippen LogP contribution in [0.4, 0.5) is 0 Å². The number of carbonyl (C=O) groups excluding carboxylic acids is 3. The van der Waals surface area contributed by atoms with E-state index in [4.69, 9.17) is 4.42 Å². The molecule has 32 heavy (non-hydrogen) atoms. The van der Waals surface area contributed by atoms with Gasteiger partial charge in [0.05, 0.1) is 23.6 Å². The highest BCUT2D eigenvalue weighted by atomic mass is 16.4. The standard InChI is InChI=1S/C23H20N4O5/c28-20(26-10-4-7-16(13-26)19-24-25-23(31)32-19)15-6-3-5-14(11-15)12-27-21(29)17-8-1-2-9-18(17)22(27)30/h1-3,5-6,8-9,11,16H,4,7,10,12-13H2,(H,25,31). The van der Waals surface area contributed by atoms with Gasteiger partial charge in [-0.1, -0.05) is 24.3 Å². The van der Waals surface area contributed by atoms with Gasteiger partial charge in [-0.3, -0.25) is 19.3 Å². The van der Waals surface area contributed by atoms with Crippen molar-refractivity contribution in [3.63, 3.8) is 0 Å². The van der Waals surface area contributed by atoms with Gasteiger partial charge in [0.1, 0.15) is 0 Å². The first kappa shape index (κ1) is 19.9. The molecule has 1 unspecified atom stereocenters. The fraction of sp³-hybridized carbons (Fsp3) is 0.261. The number of likely N-dealkylation sites (tertiary alicyclic amines) is 1. The van der Waals surface area contributed by atoms with Crippen molar-refractivity contribution in [2.75, 3.05) is 13.1 Å². The largest absolute Gasteiger partial charge is 0.434 e. The molecule has 3 amide bonds. The van der Waals surface area contributed by atoms with Crippen molar-refractivity contribution in [2.24, 2.45) is 0 Å². The first-order valence-electron chi connectivity index (χ1n) is 10.4. The molecule has 0 saturated carbocycles. The third kappa shape index (κ3) is 3.51. The number of piperidine rings is 1. The summed E-state index contributed by atoms with van der Waals surface area (Å²) in [6.45, 7) is 1.08. The molecule has 0 radical (unpaired) electrons. The maximum atomic E-state index is 13.1. The molecule has 162 valence electrons. The van der Waals surface area contributed by atoms with E-state index in [0.29, 0.717) is 41.2 Å². The second kappa shape index (κ2) is 7.92. The average molecular weight is 432 g/mol. The number of hydrogen-bond donors (Lipinski definition) is 1. The molecule has 3 aromatic rings. The Morgan fingerprint density at radius 1 is 1.06 bits per heavy atom. The van der Waals surface area contributed by atoms with Crippen molar-refractivity contribution < 1.29 is 18.8 Å². The number of benzene rings is 2. The topological polar surface area (TPSA) is 117 Å². The van der Waals surface area contributed by atoms with Crippen molar-refractivity contribution in [1.29, 1.82) is 0 Å². The van der Waals surface area contributed by atoms with E-state index >= 15 is 0 Å². The molecule has 2 aliphatic heterocycles. The summed E-state index contributed by atoms with van der Waals surface area (Å²) in [7, 11) is 0. The Kier molecular flexibility index (Phi) is 4.93. The normalized spacial score (nSPS) is 18.2. The van der Waals surface area contributed by atoms with Crippen LogP contribution in [0.15, 0.2) is 57.7 Å². The zero-order valence-corrected chi connectivity index (χ0v) is 17.1. The van der Waals surface area contributed by atoms with Crippen molar-refractivity contribution in [2.45, 2.75) is 25.3 Å². The zero-order valence-electron chi connectivity index (χ0n) is 17.1. The Hall–Kier alpha value is -4.01. The molecule has 0 spiro atoms. The van der Waals surface area contributed by atoms with Gasteiger partial charge in [0.15, 0.2) is 0 Å². The molecule has 0 bridgehead atoms. The molecule has 9 heteroatoms. The van der Waals surface area contributed by atoms with E-state index < -0.39 is 5.76 Å². The molecule has 2 aromatic carbocycles. The van der Waals surface area contributed by atoms with Crippen LogP contribution >= 0.6 is 0 Å². The van der Waals surface area contributed by atoms with E-state index in [2.05, 4.69) is 10.2 Å². The molecule has 1 atom stereocenters. The summed E-state index contributed by atoms with van der Waals surface area (Å²) >= 11 is 0. The maximum Gasteiger partial charge on any atom is 0.434 e. The summed E-state index contributed by atoms with van der Waals surface area (Å²) in [5.74, 6) is -1.26. The Labute approximate surface area is 182 Å². The number of nitrogens with one attached hydrogen (secondary N) is 1. The quantitative estimate of drug-likeness (QED) is 0.632. The van der Waals surface area contributed by atoms with Crippen LogP contribution in [0.2, 0.25) is 0 Å².